The van der Waals surface area contributed by atoms with Crippen molar-refractivity contribution in [1.29, 1.82) is 0 Å². The molecule has 7 nitrogen and oxygen atoms in total. The molecule has 0 bridgehead atoms. The lowest BCUT2D eigenvalue weighted by atomic mass is 9.91. The summed E-state index contributed by atoms with van der Waals surface area (Å²) in [7, 11) is 0. The van der Waals surface area contributed by atoms with Gasteiger partial charge in [0.05, 0.1) is 11.3 Å². The van der Waals surface area contributed by atoms with Crippen LogP contribution in [0.3, 0.4) is 0 Å². The number of rotatable bonds is 3. The number of fused-ring (bicyclic) bond motifs is 3. The van der Waals surface area contributed by atoms with Gasteiger partial charge in [-0.1, -0.05) is 42.1 Å². The molecule has 30 heavy (non-hydrogen) atoms. The van der Waals surface area contributed by atoms with Crippen LogP contribution in [0.25, 0.3) is 0 Å². The van der Waals surface area contributed by atoms with Crippen LogP contribution in [0.5, 0.6) is 0 Å². The minimum Gasteiger partial charge on any atom is -0.306 e. The maximum absolute atomic E-state index is 13.8. The molecule has 2 aliphatic rings. The molecule has 9 heteroatoms. The summed E-state index contributed by atoms with van der Waals surface area (Å²) in [6, 6.07) is 8.99. The Bertz CT molecular complexity index is 1160. The van der Waals surface area contributed by atoms with Crippen LogP contribution in [0.2, 0.25) is 5.02 Å². The second kappa shape index (κ2) is 6.85. The van der Waals surface area contributed by atoms with Gasteiger partial charge in [0.15, 0.2) is 5.66 Å². The van der Waals surface area contributed by atoms with Gasteiger partial charge < -0.3 is 9.80 Å². The number of amides is 2. The molecular weight excluding hydrogens is 422 g/mol. The zero-order valence-corrected chi connectivity index (χ0v) is 17.9. The second-order valence-corrected chi connectivity index (χ2v) is 8.85. The fourth-order valence-corrected chi connectivity index (χ4v) is 5.35. The number of hydrogen-bond donors (Lipinski definition) is 0. The van der Waals surface area contributed by atoms with Gasteiger partial charge in [0, 0.05) is 41.6 Å². The van der Waals surface area contributed by atoms with E-state index in [9.17, 15) is 9.59 Å². The van der Waals surface area contributed by atoms with Crippen LogP contribution in [-0.2, 0) is 5.66 Å². The van der Waals surface area contributed by atoms with E-state index in [4.69, 9.17) is 11.6 Å². The van der Waals surface area contributed by atoms with Crippen LogP contribution in [0.4, 0.5) is 0 Å². The normalized spacial score (nSPS) is 20.1. The van der Waals surface area contributed by atoms with Crippen molar-refractivity contribution in [3.63, 3.8) is 0 Å². The third-order valence-electron chi connectivity index (χ3n) is 5.75. The molecule has 1 atom stereocenters. The molecule has 5 rings (SSSR count). The molecule has 3 aromatic rings. The van der Waals surface area contributed by atoms with Crippen molar-refractivity contribution >= 4 is 34.9 Å². The fraction of sp³-hybridized carbons (Fsp3) is 0.286. The average Bonchev–Trinajstić information content (AvgIpc) is 3.44. The number of halogens is 1. The maximum Gasteiger partial charge on any atom is 0.269 e. The highest BCUT2D eigenvalue weighted by molar-refractivity contribution is 7.08. The Kier molecular flexibility index (Phi) is 4.37. The zero-order chi connectivity index (χ0) is 21.0. The number of pyridine rings is 1. The van der Waals surface area contributed by atoms with E-state index in [0.29, 0.717) is 39.8 Å². The number of carbonyl (C=O) groups is 2. The van der Waals surface area contributed by atoms with Crippen LogP contribution >= 0.6 is 23.1 Å². The van der Waals surface area contributed by atoms with Crippen LogP contribution in [-0.4, -0.2) is 49.3 Å². The summed E-state index contributed by atoms with van der Waals surface area (Å²) in [4.78, 5) is 35.4. The van der Waals surface area contributed by atoms with Gasteiger partial charge in [-0.2, -0.15) is 0 Å². The van der Waals surface area contributed by atoms with E-state index < -0.39 is 5.66 Å². The van der Waals surface area contributed by atoms with E-state index in [1.54, 1.807) is 40.4 Å². The lowest BCUT2D eigenvalue weighted by Gasteiger charge is -2.40. The molecule has 152 valence electrons. The zero-order valence-electron chi connectivity index (χ0n) is 16.4. The average molecular weight is 440 g/mol. The van der Waals surface area contributed by atoms with Gasteiger partial charge in [0.1, 0.15) is 4.88 Å². The van der Waals surface area contributed by atoms with Gasteiger partial charge >= 0.3 is 0 Å². The first-order valence-corrected chi connectivity index (χ1v) is 10.8. The van der Waals surface area contributed by atoms with Crippen molar-refractivity contribution < 1.29 is 9.59 Å². The molecule has 0 saturated carbocycles. The Balaban J connectivity index is 1.74. The molecule has 0 radical (unpaired) electrons. The standard InChI is InChI=1S/C21H18ClN5O2S/c1-12(2)17-18(30-25-24-17)20(29)27-10-9-26-19(28)15-7-8-23-11-16(15)21(26,27)13-3-5-14(22)6-4-13/h3-8,11-12H,9-10H2,1-2H3. The lowest BCUT2D eigenvalue weighted by Crippen LogP contribution is -2.51. The van der Waals surface area contributed by atoms with Gasteiger partial charge in [-0.05, 0) is 35.6 Å². The van der Waals surface area contributed by atoms with Crippen molar-refractivity contribution in [2.75, 3.05) is 13.1 Å². The van der Waals surface area contributed by atoms with Gasteiger partial charge in [-0.25, -0.2) is 0 Å². The van der Waals surface area contributed by atoms with Crippen molar-refractivity contribution in [3.05, 3.63) is 75.0 Å². The molecule has 2 amide bonds. The molecular formula is C21H18ClN5O2S. The lowest BCUT2D eigenvalue weighted by molar-refractivity contribution is 0.0376. The first-order valence-electron chi connectivity index (χ1n) is 9.63. The SMILES string of the molecule is CC(C)c1nnsc1C(=O)N1CCN2C(=O)c3ccncc3C21c1ccc(Cl)cc1. The highest BCUT2D eigenvalue weighted by Gasteiger charge is 2.60. The van der Waals surface area contributed by atoms with Gasteiger partial charge in [-0.15, -0.1) is 5.10 Å². The Morgan fingerprint density at radius 1 is 1.20 bits per heavy atom. The van der Waals surface area contributed by atoms with E-state index in [2.05, 4.69) is 14.6 Å². The summed E-state index contributed by atoms with van der Waals surface area (Å²) in [6.07, 6.45) is 3.28. The van der Waals surface area contributed by atoms with E-state index in [0.717, 1.165) is 17.1 Å². The summed E-state index contributed by atoms with van der Waals surface area (Å²) >= 11 is 7.23. The van der Waals surface area contributed by atoms with Crippen LogP contribution in [0.1, 0.15) is 56.6 Å². The number of aromatic nitrogens is 3. The minimum absolute atomic E-state index is 0.0621. The number of carbonyl (C=O) groups excluding carboxylic acids is 2. The molecule has 2 aromatic heterocycles. The Hall–Kier alpha value is -2.84. The Morgan fingerprint density at radius 2 is 1.97 bits per heavy atom. The van der Waals surface area contributed by atoms with Crippen LogP contribution in [0, 0.1) is 0 Å². The second-order valence-electron chi connectivity index (χ2n) is 7.66. The summed E-state index contributed by atoms with van der Waals surface area (Å²) in [5.41, 5.74) is 1.66. The minimum atomic E-state index is -1.07. The smallest absolute Gasteiger partial charge is 0.269 e. The quantitative estimate of drug-likeness (QED) is 0.623. The Labute approximate surface area is 182 Å². The predicted molar refractivity (Wildman–Crippen MR) is 113 cm³/mol. The molecule has 1 unspecified atom stereocenters. The summed E-state index contributed by atoms with van der Waals surface area (Å²) in [5, 5.41) is 4.76. The van der Waals surface area contributed by atoms with E-state index >= 15 is 0 Å². The monoisotopic (exact) mass is 439 g/mol. The largest absolute Gasteiger partial charge is 0.306 e. The first-order chi connectivity index (χ1) is 14.5. The molecule has 1 saturated heterocycles. The van der Waals surface area contributed by atoms with Gasteiger partial charge in [0.2, 0.25) is 0 Å². The molecule has 0 spiro atoms. The maximum atomic E-state index is 13.8. The van der Waals surface area contributed by atoms with Gasteiger partial charge in [0.25, 0.3) is 11.8 Å². The first kappa shape index (κ1) is 19.1. The van der Waals surface area contributed by atoms with Crippen LogP contribution < -0.4 is 0 Å². The highest BCUT2D eigenvalue weighted by atomic mass is 35.5. The molecule has 0 aliphatic carbocycles. The van der Waals surface area contributed by atoms with E-state index in [-0.39, 0.29) is 17.7 Å². The predicted octanol–water partition coefficient (Wildman–Crippen LogP) is 3.52. The molecule has 0 N–H and O–H groups in total. The number of nitrogens with zero attached hydrogens (tertiary/aromatic N) is 5. The summed E-state index contributed by atoms with van der Waals surface area (Å²) in [5.74, 6) is -0.230. The molecule has 4 heterocycles. The third-order valence-corrected chi connectivity index (χ3v) is 6.73. The number of benzene rings is 1. The third kappa shape index (κ3) is 2.47. The Morgan fingerprint density at radius 3 is 2.70 bits per heavy atom. The van der Waals surface area contributed by atoms with Gasteiger partial charge in [-0.3, -0.25) is 14.6 Å². The molecule has 1 aromatic carbocycles. The van der Waals surface area contributed by atoms with E-state index in [1.807, 2.05) is 26.0 Å². The summed E-state index contributed by atoms with van der Waals surface area (Å²) in [6.45, 7) is 4.79. The molecule has 2 aliphatic heterocycles. The van der Waals surface area contributed by atoms with Crippen molar-refractivity contribution in [1.82, 2.24) is 24.4 Å². The highest BCUT2D eigenvalue weighted by Crippen LogP contribution is 2.50. The molecule has 1 fully saturated rings. The van der Waals surface area contributed by atoms with Crippen LogP contribution in [0.15, 0.2) is 42.7 Å². The van der Waals surface area contributed by atoms with Crippen molar-refractivity contribution in [2.45, 2.75) is 25.4 Å². The van der Waals surface area contributed by atoms with Crippen molar-refractivity contribution in [3.8, 4) is 0 Å². The van der Waals surface area contributed by atoms with E-state index in [1.165, 1.54) is 0 Å². The topological polar surface area (TPSA) is 79.3 Å². The van der Waals surface area contributed by atoms with Crippen molar-refractivity contribution in [2.24, 2.45) is 0 Å². The summed E-state index contributed by atoms with van der Waals surface area (Å²) < 4.78 is 4.02. The number of hydrogen-bond acceptors (Lipinski definition) is 6. The fourth-order valence-electron chi connectivity index (χ4n) is 4.46.